The Kier molecular flexibility index (Phi) is 3.82. The van der Waals surface area contributed by atoms with Gasteiger partial charge in [0.15, 0.2) is 0 Å². The van der Waals surface area contributed by atoms with Gasteiger partial charge in [-0.1, -0.05) is 6.92 Å². The van der Waals surface area contributed by atoms with E-state index < -0.39 is 0 Å². The second-order valence-corrected chi connectivity index (χ2v) is 4.92. The highest BCUT2D eigenvalue weighted by atomic mass is 16.5. The fraction of sp³-hybridized carbons (Fsp3) is 0.917. The molecule has 0 bridgehead atoms. The number of hydrogen-bond acceptors (Lipinski definition) is 3. The van der Waals surface area contributed by atoms with Gasteiger partial charge in [0.05, 0.1) is 18.1 Å². The molecular formula is C12H22N2O2. The minimum atomic E-state index is -0.131. The summed E-state index contributed by atoms with van der Waals surface area (Å²) in [6.07, 6.45) is 3.82. The number of piperidine rings is 1. The van der Waals surface area contributed by atoms with Gasteiger partial charge < -0.3 is 15.4 Å². The van der Waals surface area contributed by atoms with Crippen LogP contribution in [0.4, 0.5) is 0 Å². The number of hydrogen-bond donors (Lipinski definition) is 2. The van der Waals surface area contributed by atoms with E-state index in [9.17, 15) is 4.79 Å². The molecule has 2 N–H and O–H groups in total. The molecule has 0 aliphatic carbocycles. The summed E-state index contributed by atoms with van der Waals surface area (Å²) < 4.78 is 5.28. The van der Waals surface area contributed by atoms with Crippen molar-refractivity contribution in [3.63, 3.8) is 0 Å². The van der Waals surface area contributed by atoms with Gasteiger partial charge in [0, 0.05) is 6.61 Å². The van der Waals surface area contributed by atoms with Gasteiger partial charge in [-0.15, -0.1) is 0 Å². The highest BCUT2D eigenvalue weighted by molar-refractivity contribution is 5.83. The maximum atomic E-state index is 12.3. The number of carbonyl (C=O) groups is 1. The van der Waals surface area contributed by atoms with E-state index >= 15 is 0 Å². The van der Waals surface area contributed by atoms with Gasteiger partial charge >= 0.3 is 0 Å². The van der Waals surface area contributed by atoms with Crippen molar-refractivity contribution >= 4 is 5.91 Å². The van der Waals surface area contributed by atoms with Crippen LogP contribution in [-0.4, -0.2) is 38.3 Å². The molecule has 0 saturated carbocycles. The minimum Gasteiger partial charge on any atom is -0.379 e. The van der Waals surface area contributed by atoms with Gasteiger partial charge in [0.2, 0.25) is 5.91 Å². The first kappa shape index (κ1) is 11.9. The van der Waals surface area contributed by atoms with Gasteiger partial charge in [-0.3, -0.25) is 4.79 Å². The molecule has 1 atom stereocenters. The van der Waals surface area contributed by atoms with Crippen LogP contribution in [0.5, 0.6) is 0 Å². The molecule has 0 radical (unpaired) electrons. The van der Waals surface area contributed by atoms with Crippen molar-refractivity contribution in [3.8, 4) is 0 Å². The Morgan fingerprint density at radius 3 is 2.81 bits per heavy atom. The Hall–Kier alpha value is -0.610. The molecule has 0 aromatic carbocycles. The topological polar surface area (TPSA) is 50.4 Å². The number of ether oxygens (including phenoxy) is 1. The molecule has 2 aliphatic heterocycles. The molecule has 2 aliphatic rings. The van der Waals surface area contributed by atoms with Crippen LogP contribution >= 0.6 is 0 Å². The Labute approximate surface area is 97.1 Å². The summed E-state index contributed by atoms with van der Waals surface area (Å²) in [5.74, 6) is 0.243. The molecule has 0 spiro atoms. The molecular weight excluding hydrogens is 204 g/mol. The second kappa shape index (κ2) is 5.15. The van der Waals surface area contributed by atoms with Crippen LogP contribution in [0.1, 0.15) is 32.6 Å². The smallest absolute Gasteiger partial charge is 0.226 e. The zero-order valence-electron chi connectivity index (χ0n) is 10.1. The van der Waals surface area contributed by atoms with Crippen molar-refractivity contribution in [1.29, 1.82) is 0 Å². The molecule has 92 valence electrons. The molecule has 1 amide bonds. The van der Waals surface area contributed by atoms with E-state index in [-0.39, 0.29) is 17.4 Å². The molecule has 0 aromatic rings. The summed E-state index contributed by atoms with van der Waals surface area (Å²) in [6.45, 7) is 5.51. The maximum Gasteiger partial charge on any atom is 0.226 e. The van der Waals surface area contributed by atoms with Crippen LogP contribution < -0.4 is 10.6 Å². The van der Waals surface area contributed by atoms with Crippen LogP contribution in [0.3, 0.4) is 0 Å². The van der Waals surface area contributed by atoms with E-state index in [2.05, 4.69) is 17.6 Å². The standard InChI is InChI=1S/C12H22N2O2/c1-2-12(4-6-13-7-5-12)11(15)14-10-3-8-16-9-10/h10,13H,2-9H2,1H3,(H,14,15). The lowest BCUT2D eigenvalue weighted by atomic mass is 9.75. The Balaban J connectivity index is 1.94. The first-order valence-electron chi connectivity index (χ1n) is 6.36. The van der Waals surface area contributed by atoms with Crippen LogP contribution in [0.2, 0.25) is 0 Å². The van der Waals surface area contributed by atoms with Gasteiger partial charge in [-0.05, 0) is 38.8 Å². The lowest BCUT2D eigenvalue weighted by Gasteiger charge is -2.36. The molecule has 0 aromatic heterocycles. The van der Waals surface area contributed by atoms with Crippen molar-refractivity contribution in [3.05, 3.63) is 0 Å². The monoisotopic (exact) mass is 226 g/mol. The molecule has 2 fully saturated rings. The van der Waals surface area contributed by atoms with Crippen molar-refractivity contribution in [2.45, 2.75) is 38.6 Å². The number of rotatable bonds is 3. The van der Waals surface area contributed by atoms with E-state index in [0.717, 1.165) is 45.4 Å². The molecule has 1 unspecified atom stereocenters. The summed E-state index contributed by atoms with van der Waals surface area (Å²) in [5.41, 5.74) is -0.131. The molecule has 4 heteroatoms. The largest absolute Gasteiger partial charge is 0.379 e. The summed E-state index contributed by atoms with van der Waals surface area (Å²) in [5, 5.41) is 6.47. The predicted octanol–water partition coefficient (Wildman–Crippen LogP) is 0.671. The zero-order valence-corrected chi connectivity index (χ0v) is 10.1. The number of carbonyl (C=O) groups excluding carboxylic acids is 1. The number of nitrogens with one attached hydrogen (secondary N) is 2. The normalized spacial score (nSPS) is 28.9. The molecule has 2 rings (SSSR count). The fourth-order valence-corrected chi connectivity index (χ4v) is 2.63. The van der Waals surface area contributed by atoms with Crippen molar-refractivity contribution in [1.82, 2.24) is 10.6 Å². The Morgan fingerprint density at radius 1 is 1.50 bits per heavy atom. The van der Waals surface area contributed by atoms with Crippen molar-refractivity contribution in [2.24, 2.45) is 5.41 Å². The van der Waals surface area contributed by atoms with Gasteiger partial charge in [0.1, 0.15) is 0 Å². The highest BCUT2D eigenvalue weighted by Gasteiger charge is 2.38. The lowest BCUT2D eigenvalue weighted by Crippen LogP contribution is -2.50. The number of amides is 1. The van der Waals surface area contributed by atoms with Gasteiger partial charge in [0.25, 0.3) is 0 Å². The van der Waals surface area contributed by atoms with E-state index in [4.69, 9.17) is 4.74 Å². The first-order chi connectivity index (χ1) is 7.77. The third-order valence-electron chi connectivity index (χ3n) is 3.98. The molecule has 2 saturated heterocycles. The lowest BCUT2D eigenvalue weighted by molar-refractivity contribution is -0.133. The van der Waals surface area contributed by atoms with Crippen molar-refractivity contribution in [2.75, 3.05) is 26.3 Å². The highest BCUT2D eigenvalue weighted by Crippen LogP contribution is 2.32. The second-order valence-electron chi connectivity index (χ2n) is 4.92. The average Bonchev–Trinajstić information content (AvgIpc) is 2.82. The third kappa shape index (κ3) is 2.38. The summed E-state index contributed by atoms with van der Waals surface area (Å²) in [6, 6.07) is 0.241. The third-order valence-corrected chi connectivity index (χ3v) is 3.98. The van der Waals surface area contributed by atoms with Gasteiger partial charge in [-0.25, -0.2) is 0 Å². The zero-order chi connectivity index (χ0) is 11.4. The van der Waals surface area contributed by atoms with Crippen molar-refractivity contribution < 1.29 is 9.53 Å². The Morgan fingerprint density at radius 2 is 2.25 bits per heavy atom. The quantitative estimate of drug-likeness (QED) is 0.743. The summed E-state index contributed by atoms with van der Waals surface area (Å²) in [4.78, 5) is 12.3. The predicted molar refractivity (Wildman–Crippen MR) is 62.2 cm³/mol. The van der Waals surface area contributed by atoms with Crippen LogP contribution in [0, 0.1) is 5.41 Å². The maximum absolute atomic E-state index is 12.3. The van der Waals surface area contributed by atoms with Crippen LogP contribution in [-0.2, 0) is 9.53 Å². The molecule has 4 nitrogen and oxygen atoms in total. The Bertz CT molecular complexity index is 243. The van der Waals surface area contributed by atoms with E-state index in [1.807, 2.05) is 0 Å². The minimum absolute atomic E-state index is 0.131. The SMILES string of the molecule is CCC1(C(=O)NC2CCOC2)CCNCC1. The first-order valence-corrected chi connectivity index (χ1v) is 6.36. The summed E-state index contributed by atoms with van der Waals surface area (Å²) >= 11 is 0. The van der Waals surface area contributed by atoms with Gasteiger partial charge in [-0.2, -0.15) is 0 Å². The van der Waals surface area contributed by atoms with E-state index in [1.165, 1.54) is 0 Å². The fourth-order valence-electron chi connectivity index (χ4n) is 2.63. The van der Waals surface area contributed by atoms with E-state index in [1.54, 1.807) is 0 Å². The molecule has 16 heavy (non-hydrogen) atoms. The molecule has 2 heterocycles. The van der Waals surface area contributed by atoms with E-state index in [0.29, 0.717) is 6.61 Å². The average molecular weight is 226 g/mol. The van der Waals surface area contributed by atoms with Crippen LogP contribution in [0.25, 0.3) is 0 Å². The van der Waals surface area contributed by atoms with Crippen LogP contribution in [0.15, 0.2) is 0 Å². The summed E-state index contributed by atoms with van der Waals surface area (Å²) in [7, 11) is 0.